The number of rotatable bonds is 4. The van der Waals surface area contributed by atoms with E-state index in [1.807, 2.05) is 0 Å². The van der Waals surface area contributed by atoms with Gasteiger partial charge in [0, 0.05) is 17.1 Å². The van der Waals surface area contributed by atoms with Crippen LogP contribution in [0, 0.1) is 0 Å². The highest BCUT2D eigenvalue weighted by Crippen LogP contribution is 2.23. The third-order valence-corrected chi connectivity index (χ3v) is 3.74. The van der Waals surface area contributed by atoms with Crippen molar-refractivity contribution in [3.63, 3.8) is 0 Å². The van der Waals surface area contributed by atoms with Crippen molar-refractivity contribution in [2.24, 2.45) is 0 Å². The van der Waals surface area contributed by atoms with Crippen LogP contribution in [0.2, 0.25) is 0 Å². The number of nitrogens with one attached hydrogen (secondary N) is 1. The molecule has 134 valence electrons. The second-order valence-electron chi connectivity index (χ2n) is 5.59. The molecule has 3 rings (SSSR count). The Balaban J connectivity index is 1.88. The quantitative estimate of drug-likeness (QED) is 0.741. The zero-order valence-electron chi connectivity index (χ0n) is 13.1. The minimum Gasteiger partial charge on any atom is -0.477 e. The molecule has 0 spiro atoms. The standard InChI is InChI=1S/C18H12F3NO4/c19-18(20,21)26-12-4-1-10(2-5-12)7-11-3-6-15-13(8-11)16(23)14(9-22-15)17(24)25/h1-6,8-9H,7H2,(H,22,23)(H,24,25). The Morgan fingerprint density at radius 1 is 1.08 bits per heavy atom. The first kappa shape index (κ1) is 17.5. The Morgan fingerprint density at radius 2 is 1.73 bits per heavy atom. The molecule has 5 nitrogen and oxygen atoms in total. The van der Waals surface area contributed by atoms with E-state index < -0.39 is 17.8 Å². The first-order chi connectivity index (χ1) is 12.2. The third kappa shape index (κ3) is 3.85. The minimum absolute atomic E-state index is 0.236. The maximum Gasteiger partial charge on any atom is 0.573 e. The molecule has 1 aromatic heterocycles. The smallest absolute Gasteiger partial charge is 0.477 e. The SMILES string of the molecule is O=C(O)c1c[nH]c2ccc(Cc3ccc(OC(F)(F)F)cc3)cc2c1=O. The molecule has 3 aromatic rings. The summed E-state index contributed by atoms with van der Waals surface area (Å²) in [5, 5.41) is 9.26. The molecule has 0 radical (unpaired) electrons. The van der Waals surface area contributed by atoms with Crippen LogP contribution in [-0.2, 0) is 6.42 Å². The van der Waals surface area contributed by atoms with Crippen LogP contribution in [0.15, 0.2) is 53.5 Å². The van der Waals surface area contributed by atoms with E-state index >= 15 is 0 Å². The first-order valence-corrected chi connectivity index (χ1v) is 7.45. The van der Waals surface area contributed by atoms with Crippen LogP contribution < -0.4 is 10.2 Å². The van der Waals surface area contributed by atoms with Crippen molar-refractivity contribution in [3.8, 4) is 5.75 Å². The number of aromatic amines is 1. The molecule has 0 unspecified atom stereocenters. The van der Waals surface area contributed by atoms with E-state index in [0.29, 0.717) is 17.5 Å². The molecule has 0 bridgehead atoms. The van der Waals surface area contributed by atoms with E-state index in [2.05, 4.69) is 9.72 Å². The molecule has 2 N–H and O–H groups in total. The highest BCUT2D eigenvalue weighted by Gasteiger charge is 2.30. The lowest BCUT2D eigenvalue weighted by atomic mass is 10.0. The molecule has 0 aliphatic rings. The molecule has 26 heavy (non-hydrogen) atoms. The van der Waals surface area contributed by atoms with Gasteiger partial charge in [-0.3, -0.25) is 4.79 Å². The van der Waals surface area contributed by atoms with Crippen molar-refractivity contribution in [2.45, 2.75) is 12.8 Å². The number of hydrogen-bond donors (Lipinski definition) is 2. The predicted molar refractivity (Wildman–Crippen MR) is 87.5 cm³/mol. The van der Waals surface area contributed by atoms with Crippen LogP contribution in [0.1, 0.15) is 21.5 Å². The second kappa shape index (κ2) is 6.55. The summed E-state index contributed by atoms with van der Waals surface area (Å²) in [6.45, 7) is 0. The number of hydrogen-bond acceptors (Lipinski definition) is 3. The summed E-state index contributed by atoms with van der Waals surface area (Å²) in [5.74, 6) is -1.64. The number of carboxylic acids is 1. The fraction of sp³-hybridized carbons (Fsp3) is 0.111. The minimum atomic E-state index is -4.75. The van der Waals surface area contributed by atoms with Gasteiger partial charge >= 0.3 is 12.3 Å². The molecule has 0 fully saturated rings. The van der Waals surface area contributed by atoms with Crippen molar-refractivity contribution in [1.82, 2.24) is 4.98 Å². The Morgan fingerprint density at radius 3 is 2.35 bits per heavy atom. The van der Waals surface area contributed by atoms with Crippen LogP contribution in [-0.4, -0.2) is 22.4 Å². The monoisotopic (exact) mass is 363 g/mol. The van der Waals surface area contributed by atoms with E-state index in [9.17, 15) is 22.8 Å². The molecule has 8 heteroatoms. The third-order valence-electron chi connectivity index (χ3n) is 3.74. The summed E-state index contributed by atoms with van der Waals surface area (Å²) in [7, 11) is 0. The van der Waals surface area contributed by atoms with Crippen molar-refractivity contribution >= 4 is 16.9 Å². The average Bonchev–Trinajstić information content (AvgIpc) is 2.56. The molecular weight excluding hydrogens is 351 g/mol. The molecule has 0 amide bonds. The maximum atomic E-state index is 12.2. The largest absolute Gasteiger partial charge is 0.573 e. The number of halogens is 3. The fourth-order valence-corrected chi connectivity index (χ4v) is 2.58. The fourth-order valence-electron chi connectivity index (χ4n) is 2.58. The van der Waals surface area contributed by atoms with Gasteiger partial charge in [-0.15, -0.1) is 13.2 Å². The van der Waals surface area contributed by atoms with Gasteiger partial charge in [0.15, 0.2) is 0 Å². The Labute approximate surface area is 144 Å². The van der Waals surface area contributed by atoms with E-state index in [4.69, 9.17) is 5.11 Å². The van der Waals surface area contributed by atoms with E-state index in [-0.39, 0.29) is 16.7 Å². The molecule has 0 saturated carbocycles. The molecule has 0 aliphatic carbocycles. The van der Waals surface area contributed by atoms with Gasteiger partial charge < -0.3 is 14.8 Å². The zero-order valence-corrected chi connectivity index (χ0v) is 13.1. The molecule has 0 saturated heterocycles. The summed E-state index contributed by atoms with van der Waals surface area (Å²) >= 11 is 0. The van der Waals surface area contributed by atoms with Gasteiger partial charge in [0.2, 0.25) is 5.43 Å². The normalized spacial score (nSPS) is 11.5. The summed E-state index contributed by atoms with van der Waals surface area (Å²) in [6, 6.07) is 10.4. The van der Waals surface area contributed by atoms with Crippen molar-refractivity contribution < 1.29 is 27.8 Å². The number of fused-ring (bicyclic) bond motifs is 1. The Hall–Kier alpha value is -3.29. The Kier molecular flexibility index (Phi) is 4.41. The maximum absolute atomic E-state index is 12.2. The van der Waals surface area contributed by atoms with Crippen molar-refractivity contribution in [2.75, 3.05) is 0 Å². The number of carbonyl (C=O) groups is 1. The molecular formula is C18H12F3NO4. The Bertz CT molecular complexity index is 1020. The predicted octanol–water partition coefficient (Wildman–Crippen LogP) is 3.72. The van der Waals surface area contributed by atoms with Gasteiger partial charge in [0.1, 0.15) is 11.3 Å². The van der Waals surface area contributed by atoms with Gasteiger partial charge in [-0.25, -0.2) is 4.79 Å². The van der Waals surface area contributed by atoms with Gasteiger partial charge in [-0.2, -0.15) is 0 Å². The molecule has 2 aromatic carbocycles. The summed E-state index contributed by atoms with van der Waals surface area (Å²) < 4.78 is 40.3. The number of aromatic carboxylic acids is 1. The van der Waals surface area contributed by atoms with Crippen LogP contribution in [0.4, 0.5) is 13.2 Å². The van der Waals surface area contributed by atoms with Crippen molar-refractivity contribution in [3.05, 3.63) is 75.6 Å². The number of ether oxygens (including phenoxy) is 1. The van der Waals surface area contributed by atoms with Gasteiger partial charge in [0.25, 0.3) is 0 Å². The van der Waals surface area contributed by atoms with Crippen LogP contribution in [0.25, 0.3) is 10.9 Å². The lowest BCUT2D eigenvalue weighted by Crippen LogP contribution is -2.17. The van der Waals surface area contributed by atoms with E-state index in [1.165, 1.54) is 24.3 Å². The number of carboxylic acid groups (broad SMARTS) is 1. The van der Waals surface area contributed by atoms with Gasteiger partial charge in [-0.1, -0.05) is 18.2 Å². The second-order valence-corrected chi connectivity index (χ2v) is 5.59. The number of alkyl halides is 3. The van der Waals surface area contributed by atoms with Gasteiger partial charge in [0.05, 0.1) is 0 Å². The van der Waals surface area contributed by atoms with Crippen LogP contribution in [0.3, 0.4) is 0 Å². The van der Waals surface area contributed by atoms with Crippen LogP contribution in [0.5, 0.6) is 5.75 Å². The van der Waals surface area contributed by atoms with Crippen molar-refractivity contribution in [1.29, 1.82) is 0 Å². The number of pyridine rings is 1. The summed E-state index contributed by atoms with van der Waals surface area (Å²) in [5.41, 5.74) is 0.975. The summed E-state index contributed by atoms with van der Waals surface area (Å²) in [4.78, 5) is 26.0. The first-order valence-electron chi connectivity index (χ1n) is 7.45. The van der Waals surface area contributed by atoms with Gasteiger partial charge in [-0.05, 0) is 41.8 Å². The highest BCUT2D eigenvalue weighted by atomic mass is 19.4. The zero-order chi connectivity index (χ0) is 18.9. The molecule has 0 aliphatic heterocycles. The lowest BCUT2D eigenvalue weighted by molar-refractivity contribution is -0.274. The average molecular weight is 363 g/mol. The number of aromatic nitrogens is 1. The highest BCUT2D eigenvalue weighted by molar-refractivity contribution is 5.92. The van der Waals surface area contributed by atoms with Crippen LogP contribution >= 0.6 is 0 Å². The number of H-pyrrole nitrogens is 1. The molecule has 0 atom stereocenters. The molecule has 1 heterocycles. The van der Waals surface area contributed by atoms with E-state index in [1.54, 1.807) is 18.2 Å². The lowest BCUT2D eigenvalue weighted by Gasteiger charge is -2.09. The summed E-state index contributed by atoms with van der Waals surface area (Å²) in [6.07, 6.45) is -3.24. The topological polar surface area (TPSA) is 79.4 Å². The van der Waals surface area contributed by atoms with E-state index in [0.717, 1.165) is 11.8 Å². The number of benzene rings is 2.